The van der Waals surface area contributed by atoms with Gasteiger partial charge < -0.3 is 9.47 Å². The average molecular weight is 809 g/mol. The number of hydrogen-bond donors (Lipinski definition) is 0. The SMILES string of the molecule is CC(OC(=O)c1cc(-c2ccc(N3C(=O)C4C5CC(C(Br)C5Br)C4C3=O)cc2)nc2ccccc12)C(=O)c1ccc(OCc2ccccc2)cc1. The summed E-state index contributed by atoms with van der Waals surface area (Å²) in [5, 5.41) is 0.590. The molecule has 2 heterocycles. The lowest BCUT2D eigenvalue weighted by atomic mass is 9.81. The van der Waals surface area contributed by atoms with Crippen molar-refractivity contribution in [1.82, 2.24) is 4.98 Å². The van der Waals surface area contributed by atoms with Crippen LogP contribution in [0.2, 0.25) is 0 Å². The maximum Gasteiger partial charge on any atom is 0.339 e. The summed E-state index contributed by atoms with van der Waals surface area (Å²) in [6.07, 6.45) is -0.178. The number of aromatic nitrogens is 1. The molecule has 3 fully saturated rings. The Hall–Kier alpha value is -4.67. The molecule has 1 aromatic heterocycles. The Balaban J connectivity index is 0.987. The predicted molar refractivity (Wildman–Crippen MR) is 200 cm³/mol. The third kappa shape index (κ3) is 5.98. The lowest BCUT2D eigenvalue weighted by Gasteiger charge is -2.28. The number of esters is 1. The van der Waals surface area contributed by atoms with Crippen molar-refractivity contribution in [1.29, 1.82) is 0 Å². The van der Waals surface area contributed by atoms with Crippen molar-refractivity contribution < 1.29 is 28.7 Å². The largest absolute Gasteiger partial charge is 0.489 e. The van der Waals surface area contributed by atoms with Crippen molar-refractivity contribution in [2.75, 3.05) is 4.90 Å². The first-order valence-corrected chi connectivity index (χ1v) is 18.7. The number of ketones is 1. The number of carbonyl (C=O) groups excluding carboxylic acids is 4. The van der Waals surface area contributed by atoms with Crippen molar-refractivity contribution in [2.24, 2.45) is 23.7 Å². The summed E-state index contributed by atoms with van der Waals surface area (Å²) in [5.41, 5.74) is 4.00. The van der Waals surface area contributed by atoms with E-state index in [4.69, 9.17) is 14.5 Å². The summed E-state index contributed by atoms with van der Waals surface area (Å²) in [7, 11) is 0. The lowest BCUT2D eigenvalue weighted by Crippen LogP contribution is -2.37. The number of imide groups is 1. The Kier molecular flexibility index (Phi) is 8.84. The molecule has 7 atom stereocenters. The van der Waals surface area contributed by atoms with E-state index in [1.54, 1.807) is 67.6 Å². The third-order valence-electron chi connectivity index (χ3n) is 10.4. The Bertz CT molecular complexity index is 2140. The Morgan fingerprint density at radius 3 is 2.12 bits per heavy atom. The Morgan fingerprint density at radius 1 is 0.824 bits per heavy atom. The van der Waals surface area contributed by atoms with E-state index in [0.29, 0.717) is 45.8 Å². The maximum atomic E-state index is 13.7. The molecular weight excluding hydrogens is 776 g/mol. The number of para-hydroxylation sites is 1. The molecule has 2 bridgehead atoms. The molecule has 10 heteroatoms. The molecule has 7 unspecified atom stereocenters. The fourth-order valence-electron chi connectivity index (χ4n) is 7.85. The van der Waals surface area contributed by atoms with E-state index in [1.165, 1.54) is 4.90 Å². The fraction of sp³-hybridized carbons (Fsp3) is 0.244. The fourth-order valence-corrected chi connectivity index (χ4v) is 9.72. The molecule has 4 aromatic carbocycles. The summed E-state index contributed by atoms with van der Waals surface area (Å²) in [5.74, 6) is -0.988. The van der Waals surface area contributed by atoms with Crippen LogP contribution in [0, 0.1) is 23.7 Å². The van der Waals surface area contributed by atoms with E-state index in [9.17, 15) is 19.2 Å². The number of alkyl halides is 2. The van der Waals surface area contributed by atoms with Gasteiger partial charge in [-0.3, -0.25) is 19.3 Å². The number of nitrogens with zero attached hydrogens (tertiary/aromatic N) is 2. The number of amides is 2. The van der Waals surface area contributed by atoms with Crippen molar-refractivity contribution in [2.45, 2.75) is 35.7 Å². The van der Waals surface area contributed by atoms with E-state index < -0.39 is 12.1 Å². The second kappa shape index (κ2) is 13.5. The quantitative estimate of drug-likeness (QED) is 0.0641. The van der Waals surface area contributed by atoms with Crippen LogP contribution >= 0.6 is 31.9 Å². The van der Waals surface area contributed by atoms with E-state index in [1.807, 2.05) is 48.5 Å². The van der Waals surface area contributed by atoms with E-state index in [2.05, 4.69) is 31.9 Å². The molecular formula is C41H32Br2N2O6. The van der Waals surface area contributed by atoms with Crippen LogP contribution < -0.4 is 9.64 Å². The van der Waals surface area contributed by atoms with Gasteiger partial charge in [0, 0.05) is 26.2 Å². The van der Waals surface area contributed by atoms with Gasteiger partial charge in [0.25, 0.3) is 0 Å². The zero-order valence-corrected chi connectivity index (χ0v) is 30.6. The summed E-state index contributed by atoms with van der Waals surface area (Å²) in [6, 6.07) is 32.5. The molecule has 5 aromatic rings. The molecule has 51 heavy (non-hydrogen) atoms. The monoisotopic (exact) mass is 806 g/mol. The van der Waals surface area contributed by atoms with Crippen LogP contribution in [0.3, 0.4) is 0 Å². The highest BCUT2D eigenvalue weighted by molar-refractivity contribution is 9.12. The van der Waals surface area contributed by atoms with Gasteiger partial charge >= 0.3 is 5.97 Å². The molecule has 2 aliphatic carbocycles. The molecule has 256 valence electrons. The van der Waals surface area contributed by atoms with Crippen molar-refractivity contribution in [3.8, 4) is 17.0 Å². The molecule has 2 saturated carbocycles. The summed E-state index contributed by atoms with van der Waals surface area (Å²) < 4.78 is 11.6. The molecule has 0 radical (unpaired) electrons. The molecule has 2 amide bonds. The second-order valence-corrected chi connectivity index (χ2v) is 15.5. The highest BCUT2D eigenvalue weighted by Crippen LogP contribution is 2.60. The van der Waals surface area contributed by atoms with E-state index in [0.717, 1.165) is 12.0 Å². The molecule has 1 saturated heterocycles. The van der Waals surface area contributed by atoms with Gasteiger partial charge in [0.2, 0.25) is 17.6 Å². The first-order chi connectivity index (χ1) is 24.7. The number of fused-ring (bicyclic) bond motifs is 6. The Morgan fingerprint density at radius 2 is 1.45 bits per heavy atom. The van der Waals surface area contributed by atoms with Crippen molar-refractivity contribution >= 4 is 72.0 Å². The smallest absolute Gasteiger partial charge is 0.339 e. The van der Waals surface area contributed by atoms with Crippen LogP contribution in [0.25, 0.3) is 22.2 Å². The number of hydrogen-bond acceptors (Lipinski definition) is 7. The van der Waals surface area contributed by atoms with E-state index >= 15 is 0 Å². The first kappa shape index (κ1) is 33.5. The van der Waals surface area contributed by atoms with Gasteiger partial charge in [0.15, 0.2) is 6.10 Å². The van der Waals surface area contributed by atoms with Gasteiger partial charge in [-0.05, 0) is 79.3 Å². The van der Waals surface area contributed by atoms with Crippen LogP contribution in [0.15, 0.2) is 109 Å². The third-order valence-corrected chi connectivity index (χ3v) is 13.6. The van der Waals surface area contributed by atoms with Gasteiger partial charge in [-0.15, -0.1) is 0 Å². The average Bonchev–Trinajstić information content (AvgIpc) is 3.78. The molecule has 3 aliphatic rings. The minimum absolute atomic E-state index is 0.133. The predicted octanol–water partition coefficient (Wildman–Crippen LogP) is 8.19. The first-order valence-electron chi connectivity index (χ1n) is 16.9. The minimum Gasteiger partial charge on any atom is -0.489 e. The van der Waals surface area contributed by atoms with Gasteiger partial charge in [-0.2, -0.15) is 0 Å². The Labute approximate surface area is 311 Å². The summed E-state index contributed by atoms with van der Waals surface area (Å²) in [6.45, 7) is 1.96. The van der Waals surface area contributed by atoms with Crippen molar-refractivity contribution in [3.05, 3.63) is 126 Å². The van der Waals surface area contributed by atoms with Gasteiger partial charge in [-0.25, -0.2) is 9.78 Å². The van der Waals surface area contributed by atoms with Crippen LogP contribution in [0.4, 0.5) is 5.69 Å². The number of rotatable bonds is 9. The molecule has 0 N–H and O–H groups in total. The zero-order chi connectivity index (χ0) is 35.4. The normalized spacial score (nSPS) is 24.1. The number of pyridine rings is 1. The lowest BCUT2D eigenvalue weighted by molar-refractivity contribution is -0.123. The summed E-state index contributed by atoms with van der Waals surface area (Å²) >= 11 is 7.49. The molecule has 1 aliphatic heterocycles. The topological polar surface area (TPSA) is 103 Å². The van der Waals surface area contributed by atoms with Gasteiger partial charge in [-0.1, -0.05) is 92.5 Å². The van der Waals surface area contributed by atoms with Crippen LogP contribution in [0.5, 0.6) is 5.75 Å². The molecule has 8 nitrogen and oxygen atoms in total. The number of Topliss-reactive ketones (excluding diaryl/α,β-unsaturated/α-hetero) is 1. The summed E-state index contributed by atoms with van der Waals surface area (Å²) in [4.78, 5) is 60.5. The number of carbonyl (C=O) groups is 4. The number of halogens is 2. The number of benzene rings is 4. The van der Waals surface area contributed by atoms with Crippen LogP contribution in [-0.2, 0) is 20.9 Å². The maximum absolute atomic E-state index is 13.7. The zero-order valence-electron chi connectivity index (χ0n) is 27.4. The van der Waals surface area contributed by atoms with Gasteiger partial charge in [0.1, 0.15) is 12.4 Å². The van der Waals surface area contributed by atoms with Crippen LogP contribution in [-0.4, -0.2) is 44.3 Å². The van der Waals surface area contributed by atoms with Crippen LogP contribution in [0.1, 0.15) is 39.6 Å². The highest BCUT2D eigenvalue weighted by atomic mass is 79.9. The highest BCUT2D eigenvalue weighted by Gasteiger charge is 2.66. The van der Waals surface area contributed by atoms with Gasteiger partial charge in [0.05, 0.1) is 34.3 Å². The minimum atomic E-state index is -1.05. The standard InChI is InChI=1S/C41H32Br2N2O6/c1-22(38(46)25-13-17-27(18-14-25)50-21-23-7-3-2-4-8-23)51-41(49)29-20-33(44-32-10-6-5-9-28(29)32)24-11-15-26(16-12-24)45-39(47)34-30-19-31(35(34)40(45)48)37(43)36(30)42/h2-18,20,22,30-31,34-37H,19,21H2,1H3. The molecule has 8 rings (SSSR count). The van der Waals surface area contributed by atoms with Crippen molar-refractivity contribution in [3.63, 3.8) is 0 Å². The number of ether oxygens (including phenoxy) is 2. The molecule has 0 spiro atoms. The second-order valence-electron chi connectivity index (χ2n) is 13.3. The van der Waals surface area contributed by atoms with E-state index in [-0.39, 0.29) is 56.5 Å². The number of anilines is 1.